The molecule has 0 unspecified atom stereocenters. The molecule has 4 aliphatic rings. The fraction of sp³-hybridized carbons (Fsp3) is 0.579. The Labute approximate surface area is 133 Å². The largest absolute Gasteiger partial charge is 0.227 e. The smallest absolute Gasteiger partial charge is 0.167 e. The van der Waals surface area contributed by atoms with Gasteiger partial charge in [0.15, 0.2) is 9.84 Å². The van der Waals surface area contributed by atoms with E-state index in [1.54, 1.807) is 0 Å². The zero-order valence-electron chi connectivity index (χ0n) is 12.8. The molecule has 0 radical (unpaired) electrons. The molecule has 0 amide bonds. The van der Waals surface area contributed by atoms with E-state index in [-0.39, 0.29) is 5.75 Å². The van der Waals surface area contributed by atoms with Gasteiger partial charge in [-0.3, -0.25) is 0 Å². The third kappa shape index (κ3) is 2.38. The van der Waals surface area contributed by atoms with Gasteiger partial charge in [-0.1, -0.05) is 30.0 Å². The van der Waals surface area contributed by atoms with Crippen LogP contribution in [0, 0.1) is 29.6 Å². The number of hydrogen-bond acceptors (Lipinski definition) is 2. The maximum Gasteiger partial charge on any atom is 0.167 e. The quantitative estimate of drug-likeness (QED) is 0.784. The molecule has 0 atom stereocenters. The third-order valence-corrected chi connectivity index (χ3v) is 8.25. The summed E-state index contributed by atoms with van der Waals surface area (Å²) in [6.45, 7) is 0. The number of hydrogen-bond donors (Lipinski definition) is 0. The molecule has 4 aliphatic carbocycles. The van der Waals surface area contributed by atoms with Crippen LogP contribution in [0.15, 0.2) is 30.3 Å². The highest BCUT2D eigenvalue weighted by Gasteiger charge is 2.56. The van der Waals surface area contributed by atoms with Gasteiger partial charge in [0.1, 0.15) is 5.75 Å². The molecule has 0 spiro atoms. The highest BCUT2D eigenvalue weighted by atomic mass is 32.2. The molecule has 22 heavy (non-hydrogen) atoms. The van der Waals surface area contributed by atoms with Gasteiger partial charge in [-0.25, -0.2) is 8.42 Å². The van der Waals surface area contributed by atoms with Crippen molar-refractivity contribution in [1.29, 1.82) is 0 Å². The molecule has 0 saturated heterocycles. The molecule has 1 aromatic rings. The van der Waals surface area contributed by atoms with Crippen LogP contribution >= 0.6 is 0 Å². The Kier molecular flexibility index (Phi) is 3.34. The highest BCUT2D eigenvalue weighted by molar-refractivity contribution is 7.93. The predicted octanol–water partition coefficient (Wildman–Crippen LogP) is 3.42. The Morgan fingerprint density at radius 3 is 2.05 bits per heavy atom. The molecule has 4 saturated carbocycles. The minimum atomic E-state index is -3.12. The molecule has 116 valence electrons. The van der Waals surface area contributed by atoms with Crippen LogP contribution < -0.4 is 0 Å². The van der Waals surface area contributed by atoms with E-state index in [4.69, 9.17) is 0 Å². The lowest BCUT2D eigenvalue weighted by Gasteiger charge is -2.55. The zero-order chi connectivity index (χ0) is 15.2. The molecule has 5 rings (SSSR count). The molecule has 0 aliphatic heterocycles. The van der Waals surface area contributed by atoms with E-state index in [0.717, 1.165) is 24.8 Å². The summed E-state index contributed by atoms with van der Waals surface area (Å²) < 4.78 is 25.5. The van der Waals surface area contributed by atoms with Crippen molar-refractivity contribution < 1.29 is 8.42 Å². The van der Waals surface area contributed by atoms with Crippen molar-refractivity contribution in [3.8, 4) is 11.8 Å². The van der Waals surface area contributed by atoms with Gasteiger partial charge < -0.3 is 0 Å². The van der Waals surface area contributed by atoms with Crippen molar-refractivity contribution in [3.63, 3.8) is 0 Å². The first-order chi connectivity index (χ1) is 10.6. The summed E-state index contributed by atoms with van der Waals surface area (Å²) in [7, 11) is -3.12. The summed E-state index contributed by atoms with van der Waals surface area (Å²) in [5, 5.41) is 0. The van der Waals surface area contributed by atoms with Crippen LogP contribution in [-0.4, -0.2) is 18.9 Å². The van der Waals surface area contributed by atoms with Gasteiger partial charge in [0, 0.05) is 5.56 Å². The molecule has 0 aromatic heterocycles. The molecule has 4 bridgehead atoms. The van der Waals surface area contributed by atoms with Crippen LogP contribution in [0.4, 0.5) is 0 Å². The lowest BCUT2D eigenvalue weighted by atomic mass is 9.56. The second-order valence-electron chi connectivity index (χ2n) is 7.53. The molecule has 3 heteroatoms. The predicted molar refractivity (Wildman–Crippen MR) is 88.0 cm³/mol. The standard InChI is InChI=1S/C19H22O2S/c20-22(21,8-4-7-15-5-2-1-3-6-15)19-12-16-9-17(13-19)11-18(10-16)14-19/h1-3,5-6,16-18H,8-14H2. The third-order valence-electron chi connectivity index (χ3n) is 5.91. The second-order valence-corrected chi connectivity index (χ2v) is 9.91. The Morgan fingerprint density at radius 2 is 1.50 bits per heavy atom. The molecule has 2 nitrogen and oxygen atoms in total. The zero-order valence-corrected chi connectivity index (χ0v) is 13.6. The van der Waals surface area contributed by atoms with Crippen molar-refractivity contribution in [2.24, 2.45) is 17.8 Å². The van der Waals surface area contributed by atoms with E-state index < -0.39 is 14.6 Å². The normalized spacial score (nSPS) is 35.9. The summed E-state index contributed by atoms with van der Waals surface area (Å²) in [4.78, 5) is 0. The van der Waals surface area contributed by atoms with Gasteiger partial charge in [0.05, 0.1) is 4.75 Å². The van der Waals surface area contributed by atoms with Crippen LogP contribution in [0.3, 0.4) is 0 Å². The monoisotopic (exact) mass is 314 g/mol. The fourth-order valence-electron chi connectivity index (χ4n) is 5.32. The van der Waals surface area contributed by atoms with Crippen molar-refractivity contribution in [1.82, 2.24) is 0 Å². The van der Waals surface area contributed by atoms with Gasteiger partial charge in [-0.2, -0.15) is 0 Å². The van der Waals surface area contributed by atoms with E-state index in [9.17, 15) is 8.42 Å². The van der Waals surface area contributed by atoms with Crippen LogP contribution in [-0.2, 0) is 9.84 Å². The summed E-state index contributed by atoms with van der Waals surface area (Å²) in [6, 6.07) is 9.64. The summed E-state index contributed by atoms with van der Waals surface area (Å²) >= 11 is 0. The van der Waals surface area contributed by atoms with Crippen molar-refractivity contribution in [2.45, 2.75) is 43.3 Å². The van der Waals surface area contributed by atoms with Crippen LogP contribution in [0.25, 0.3) is 0 Å². The Bertz CT molecular complexity index is 686. The second kappa shape index (κ2) is 5.13. The van der Waals surface area contributed by atoms with Crippen molar-refractivity contribution in [2.75, 3.05) is 5.75 Å². The first-order valence-corrected chi connectivity index (χ1v) is 9.98. The lowest BCUT2D eigenvalue weighted by Crippen LogP contribution is -2.55. The molecule has 0 N–H and O–H groups in total. The Morgan fingerprint density at radius 1 is 0.955 bits per heavy atom. The molecular formula is C19H22O2S. The average molecular weight is 314 g/mol. The minimum Gasteiger partial charge on any atom is -0.227 e. The lowest BCUT2D eigenvalue weighted by molar-refractivity contribution is 0.0340. The number of benzene rings is 1. The van der Waals surface area contributed by atoms with Gasteiger partial charge >= 0.3 is 0 Å². The van der Waals surface area contributed by atoms with E-state index >= 15 is 0 Å². The van der Waals surface area contributed by atoms with E-state index in [1.807, 2.05) is 30.3 Å². The van der Waals surface area contributed by atoms with E-state index in [0.29, 0.717) is 17.8 Å². The molecule has 4 fully saturated rings. The highest BCUT2D eigenvalue weighted by Crippen LogP contribution is 2.58. The summed E-state index contributed by atoms with van der Waals surface area (Å²) in [5.41, 5.74) is 0.892. The summed E-state index contributed by atoms with van der Waals surface area (Å²) in [6.07, 6.45) is 6.50. The van der Waals surface area contributed by atoms with Gasteiger partial charge in [0.2, 0.25) is 0 Å². The van der Waals surface area contributed by atoms with Crippen molar-refractivity contribution in [3.05, 3.63) is 35.9 Å². The van der Waals surface area contributed by atoms with Gasteiger partial charge in [-0.05, 0) is 68.4 Å². The maximum atomic E-state index is 13.0. The van der Waals surface area contributed by atoms with Crippen LogP contribution in [0.1, 0.15) is 44.1 Å². The molecular weight excluding hydrogens is 292 g/mol. The van der Waals surface area contributed by atoms with Crippen LogP contribution in [0.2, 0.25) is 0 Å². The van der Waals surface area contributed by atoms with Crippen molar-refractivity contribution >= 4 is 9.84 Å². The van der Waals surface area contributed by atoms with E-state index in [2.05, 4.69) is 11.8 Å². The molecule has 0 heterocycles. The van der Waals surface area contributed by atoms with Crippen LogP contribution in [0.5, 0.6) is 0 Å². The number of rotatable bonds is 2. The fourth-order valence-corrected chi connectivity index (χ4v) is 7.36. The number of sulfone groups is 1. The Hall–Kier alpha value is -1.27. The average Bonchev–Trinajstić information content (AvgIpc) is 2.46. The van der Waals surface area contributed by atoms with E-state index in [1.165, 1.54) is 19.3 Å². The first-order valence-electron chi connectivity index (χ1n) is 8.33. The maximum absolute atomic E-state index is 13.0. The van der Waals surface area contributed by atoms with Gasteiger partial charge in [0.25, 0.3) is 0 Å². The first kappa shape index (κ1) is 14.3. The summed E-state index contributed by atoms with van der Waals surface area (Å²) in [5.74, 6) is 7.92. The van der Waals surface area contributed by atoms with Gasteiger partial charge in [-0.15, -0.1) is 0 Å². The topological polar surface area (TPSA) is 34.1 Å². The molecule has 1 aromatic carbocycles. The Balaban J connectivity index is 1.55. The minimum absolute atomic E-state index is 0.0219. The SMILES string of the molecule is O=S(=O)(CC#Cc1ccccc1)C12CC3CC(CC(C3)C1)C2.